The van der Waals surface area contributed by atoms with Crippen LogP contribution in [0.25, 0.3) is 0 Å². The molecule has 2 unspecified atom stereocenters. The van der Waals surface area contributed by atoms with Gasteiger partial charge in [0.05, 0.1) is 0 Å². The first-order valence-electron chi connectivity index (χ1n) is 6.06. The van der Waals surface area contributed by atoms with Gasteiger partial charge in [0.25, 0.3) is 0 Å². The second-order valence-corrected chi connectivity index (χ2v) is 5.25. The molecular weight excluding hydrogens is 186 g/mol. The average molecular weight is 207 g/mol. The zero-order valence-electron chi connectivity index (χ0n) is 9.98. The van der Waals surface area contributed by atoms with Crippen LogP contribution >= 0.6 is 0 Å². The van der Waals surface area contributed by atoms with E-state index in [-0.39, 0.29) is 0 Å². The van der Waals surface area contributed by atoms with Gasteiger partial charge in [0.2, 0.25) is 0 Å². The number of hydrogen-bond donors (Lipinski definition) is 0. The third kappa shape index (κ3) is 2.21. The summed E-state index contributed by atoms with van der Waals surface area (Å²) in [7, 11) is 0. The third-order valence-corrected chi connectivity index (χ3v) is 3.40. The number of aromatic nitrogens is 3. The summed E-state index contributed by atoms with van der Waals surface area (Å²) < 4.78 is 2.25. The van der Waals surface area contributed by atoms with E-state index >= 15 is 0 Å². The third-order valence-electron chi connectivity index (χ3n) is 3.40. The molecule has 0 saturated heterocycles. The van der Waals surface area contributed by atoms with Crippen molar-refractivity contribution in [1.82, 2.24) is 14.8 Å². The molecule has 0 spiro atoms. The Kier molecular flexibility index (Phi) is 3.08. The van der Waals surface area contributed by atoms with Crippen molar-refractivity contribution >= 4 is 0 Å². The lowest BCUT2D eigenvalue weighted by molar-refractivity contribution is 0.449. The summed E-state index contributed by atoms with van der Waals surface area (Å²) in [5.74, 6) is 3.30. The number of rotatable bonds is 3. The van der Waals surface area contributed by atoms with E-state index in [1.165, 1.54) is 25.1 Å². The van der Waals surface area contributed by atoms with E-state index in [1.54, 1.807) is 0 Å². The fraction of sp³-hybridized carbons (Fsp3) is 0.833. The largest absolute Gasteiger partial charge is 0.317 e. The summed E-state index contributed by atoms with van der Waals surface area (Å²) in [6.07, 6.45) is 5.87. The predicted octanol–water partition coefficient (Wildman–Crippen LogP) is 2.84. The van der Waals surface area contributed by atoms with Crippen LogP contribution in [0.5, 0.6) is 0 Å². The summed E-state index contributed by atoms with van der Waals surface area (Å²) in [6, 6.07) is 0. The van der Waals surface area contributed by atoms with Gasteiger partial charge in [-0.3, -0.25) is 0 Å². The smallest absolute Gasteiger partial charge is 0.136 e. The van der Waals surface area contributed by atoms with Crippen LogP contribution in [0.3, 0.4) is 0 Å². The van der Waals surface area contributed by atoms with Gasteiger partial charge in [-0.05, 0) is 24.7 Å². The topological polar surface area (TPSA) is 30.7 Å². The molecule has 1 aliphatic rings. The molecule has 15 heavy (non-hydrogen) atoms. The molecule has 3 nitrogen and oxygen atoms in total. The van der Waals surface area contributed by atoms with Crippen molar-refractivity contribution in [3.63, 3.8) is 0 Å². The van der Waals surface area contributed by atoms with E-state index in [2.05, 4.69) is 35.5 Å². The molecule has 84 valence electrons. The molecule has 0 radical (unpaired) electrons. The minimum Gasteiger partial charge on any atom is -0.317 e. The number of nitrogens with zero attached hydrogens (tertiary/aromatic N) is 3. The van der Waals surface area contributed by atoms with E-state index in [9.17, 15) is 0 Å². The first kappa shape index (κ1) is 10.7. The molecule has 0 aromatic carbocycles. The lowest BCUT2D eigenvalue weighted by atomic mass is 9.97. The van der Waals surface area contributed by atoms with E-state index in [1.807, 2.05) is 6.33 Å². The Morgan fingerprint density at radius 2 is 2.27 bits per heavy atom. The summed E-state index contributed by atoms with van der Waals surface area (Å²) in [4.78, 5) is 0. The highest BCUT2D eigenvalue weighted by atomic mass is 15.3. The average Bonchev–Trinajstić information content (AvgIpc) is 2.73. The van der Waals surface area contributed by atoms with Crippen molar-refractivity contribution in [3.8, 4) is 0 Å². The first-order chi connectivity index (χ1) is 7.18. The van der Waals surface area contributed by atoms with Gasteiger partial charge in [-0.2, -0.15) is 0 Å². The summed E-state index contributed by atoms with van der Waals surface area (Å²) in [6.45, 7) is 7.86. The predicted molar refractivity (Wildman–Crippen MR) is 60.6 cm³/mol. The summed E-state index contributed by atoms with van der Waals surface area (Å²) in [5.41, 5.74) is 0. The van der Waals surface area contributed by atoms with Gasteiger partial charge >= 0.3 is 0 Å². The van der Waals surface area contributed by atoms with Gasteiger partial charge in [-0.15, -0.1) is 10.2 Å². The quantitative estimate of drug-likeness (QED) is 0.763. The molecule has 1 aromatic heterocycles. The molecule has 3 heteroatoms. The maximum Gasteiger partial charge on any atom is 0.136 e. The first-order valence-corrected chi connectivity index (χ1v) is 6.06. The van der Waals surface area contributed by atoms with Gasteiger partial charge < -0.3 is 4.57 Å². The molecule has 0 amide bonds. The van der Waals surface area contributed by atoms with E-state index in [0.717, 1.165) is 12.5 Å². The van der Waals surface area contributed by atoms with Crippen molar-refractivity contribution < 1.29 is 0 Å². The van der Waals surface area contributed by atoms with Crippen LogP contribution in [0.1, 0.15) is 51.8 Å². The maximum atomic E-state index is 4.31. The molecular formula is C12H21N3. The standard InChI is InChI=1S/C12H21N3/c1-9(2)7-15-8-13-14-12(15)11-6-4-5-10(11)3/h8-11H,4-7H2,1-3H3. The molecule has 1 fully saturated rings. The molecule has 0 aliphatic heterocycles. The van der Waals surface area contributed by atoms with E-state index in [0.29, 0.717) is 11.8 Å². The van der Waals surface area contributed by atoms with Crippen LogP contribution in [0.4, 0.5) is 0 Å². The molecule has 1 saturated carbocycles. The Hall–Kier alpha value is -0.860. The van der Waals surface area contributed by atoms with Gasteiger partial charge in [-0.25, -0.2) is 0 Å². The highest BCUT2D eigenvalue weighted by Crippen LogP contribution is 2.38. The van der Waals surface area contributed by atoms with Crippen LogP contribution in [0.15, 0.2) is 6.33 Å². The van der Waals surface area contributed by atoms with Crippen molar-refractivity contribution in [2.75, 3.05) is 0 Å². The van der Waals surface area contributed by atoms with Crippen LogP contribution < -0.4 is 0 Å². The Balaban J connectivity index is 2.16. The van der Waals surface area contributed by atoms with Gasteiger partial charge in [0.15, 0.2) is 0 Å². The second-order valence-electron chi connectivity index (χ2n) is 5.25. The van der Waals surface area contributed by atoms with Crippen molar-refractivity contribution in [2.24, 2.45) is 11.8 Å². The molecule has 2 atom stereocenters. The zero-order chi connectivity index (χ0) is 10.8. The van der Waals surface area contributed by atoms with Crippen molar-refractivity contribution in [3.05, 3.63) is 12.2 Å². The lowest BCUT2D eigenvalue weighted by Crippen LogP contribution is -2.13. The second kappa shape index (κ2) is 4.33. The zero-order valence-corrected chi connectivity index (χ0v) is 9.98. The Morgan fingerprint density at radius 3 is 2.87 bits per heavy atom. The van der Waals surface area contributed by atoms with Crippen LogP contribution in [-0.4, -0.2) is 14.8 Å². The maximum absolute atomic E-state index is 4.31. The molecule has 1 heterocycles. The molecule has 1 aromatic rings. The van der Waals surface area contributed by atoms with Gasteiger partial charge in [0, 0.05) is 12.5 Å². The van der Waals surface area contributed by atoms with Gasteiger partial charge in [0.1, 0.15) is 12.2 Å². The lowest BCUT2D eigenvalue weighted by Gasteiger charge is -2.16. The van der Waals surface area contributed by atoms with Crippen LogP contribution in [0.2, 0.25) is 0 Å². The monoisotopic (exact) mass is 207 g/mol. The fourth-order valence-corrected chi connectivity index (χ4v) is 2.61. The van der Waals surface area contributed by atoms with Crippen molar-refractivity contribution in [2.45, 2.75) is 52.5 Å². The Bertz CT molecular complexity index is 316. The van der Waals surface area contributed by atoms with E-state index in [4.69, 9.17) is 0 Å². The highest BCUT2D eigenvalue weighted by molar-refractivity contribution is 5.01. The van der Waals surface area contributed by atoms with Gasteiger partial charge in [-0.1, -0.05) is 27.2 Å². The minimum atomic E-state index is 0.645. The Morgan fingerprint density at radius 1 is 1.47 bits per heavy atom. The van der Waals surface area contributed by atoms with Crippen molar-refractivity contribution in [1.29, 1.82) is 0 Å². The fourth-order valence-electron chi connectivity index (χ4n) is 2.61. The van der Waals surface area contributed by atoms with E-state index < -0.39 is 0 Å². The Labute approximate surface area is 91.9 Å². The van der Waals surface area contributed by atoms with Crippen LogP contribution in [0, 0.1) is 11.8 Å². The summed E-state index contributed by atoms with van der Waals surface area (Å²) >= 11 is 0. The SMILES string of the molecule is CC(C)Cn1cnnc1C1CCCC1C. The molecule has 0 N–H and O–H groups in total. The highest BCUT2D eigenvalue weighted by Gasteiger charge is 2.28. The normalized spacial score (nSPS) is 26.4. The molecule has 2 rings (SSSR count). The molecule has 1 aliphatic carbocycles. The minimum absolute atomic E-state index is 0.645. The van der Waals surface area contributed by atoms with Crippen LogP contribution in [-0.2, 0) is 6.54 Å². The summed E-state index contributed by atoms with van der Waals surface area (Å²) in [5, 5.41) is 8.38. The molecule has 0 bridgehead atoms. The number of hydrogen-bond acceptors (Lipinski definition) is 2.